The maximum atomic E-state index is 13.4. The third-order valence-electron chi connectivity index (χ3n) is 4.48. The average molecular weight is 423 g/mol. The molecule has 0 aliphatic rings. The second kappa shape index (κ2) is 8.06. The third kappa shape index (κ3) is 4.48. The van der Waals surface area contributed by atoms with Crippen molar-refractivity contribution in [3.63, 3.8) is 0 Å². The summed E-state index contributed by atoms with van der Waals surface area (Å²) < 4.78 is 45.9. The molecular formula is C23H16F3N3O2. The van der Waals surface area contributed by atoms with Crippen LogP contribution in [0, 0.1) is 6.92 Å². The van der Waals surface area contributed by atoms with Gasteiger partial charge in [-0.1, -0.05) is 36.4 Å². The predicted molar refractivity (Wildman–Crippen MR) is 110 cm³/mol. The van der Waals surface area contributed by atoms with E-state index < -0.39 is 17.6 Å². The number of anilines is 1. The van der Waals surface area contributed by atoms with Crippen LogP contribution in [-0.4, -0.2) is 10.9 Å². The molecule has 0 saturated carbocycles. The first kappa shape index (κ1) is 20.3. The molecule has 4 aromatic rings. The molecule has 0 atom stereocenters. The second-order valence-corrected chi connectivity index (χ2v) is 6.80. The number of nitrogens with one attached hydrogen (secondary N) is 1. The van der Waals surface area contributed by atoms with Gasteiger partial charge in [-0.05, 0) is 42.8 Å². The van der Waals surface area contributed by atoms with Gasteiger partial charge in [0.1, 0.15) is 17.0 Å². The summed E-state index contributed by atoms with van der Waals surface area (Å²) in [5, 5.41) is 3.23. The van der Waals surface area contributed by atoms with Crippen LogP contribution in [-0.2, 0) is 6.18 Å². The van der Waals surface area contributed by atoms with E-state index in [1.165, 1.54) is 24.3 Å². The number of carbonyl (C=O) groups excluding carboxylic acids is 1. The number of para-hydroxylation sites is 2. The number of nitrogens with zero attached hydrogens (tertiary/aromatic N) is 2. The fraction of sp³-hybridized carbons (Fsp3) is 0.0870. The lowest BCUT2D eigenvalue weighted by molar-refractivity contribution is -0.137. The number of pyridine rings is 1. The minimum atomic E-state index is -4.61. The Morgan fingerprint density at radius 1 is 1.03 bits per heavy atom. The minimum absolute atomic E-state index is 0.0157. The van der Waals surface area contributed by atoms with Gasteiger partial charge in [0.2, 0.25) is 5.55 Å². The van der Waals surface area contributed by atoms with Crippen molar-refractivity contribution >= 4 is 28.4 Å². The van der Waals surface area contributed by atoms with Gasteiger partial charge in [0, 0.05) is 11.6 Å². The number of benzene rings is 2. The zero-order valence-electron chi connectivity index (χ0n) is 16.3. The number of fused-ring (bicyclic) bond motifs is 1. The number of halogens is 3. The maximum Gasteiger partial charge on any atom is 0.418 e. The van der Waals surface area contributed by atoms with Crippen molar-refractivity contribution in [2.24, 2.45) is 4.99 Å². The number of hydrogen-bond donors (Lipinski definition) is 1. The number of alkyl halides is 3. The van der Waals surface area contributed by atoms with Gasteiger partial charge >= 0.3 is 6.18 Å². The van der Waals surface area contributed by atoms with Gasteiger partial charge in [-0.25, -0.2) is 9.98 Å². The normalized spacial score (nSPS) is 12.2. The van der Waals surface area contributed by atoms with Gasteiger partial charge in [0.15, 0.2) is 0 Å². The molecule has 0 unspecified atom stereocenters. The van der Waals surface area contributed by atoms with Crippen LogP contribution in [0.1, 0.15) is 21.5 Å². The molecular weight excluding hydrogens is 407 g/mol. The van der Waals surface area contributed by atoms with E-state index in [4.69, 9.17) is 4.42 Å². The average Bonchev–Trinajstić information content (AvgIpc) is 2.74. The highest BCUT2D eigenvalue weighted by molar-refractivity contribution is 6.04. The highest BCUT2D eigenvalue weighted by Gasteiger charge is 2.33. The highest BCUT2D eigenvalue weighted by atomic mass is 19.4. The number of rotatable bonds is 3. The van der Waals surface area contributed by atoms with Crippen LogP contribution in [0.4, 0.5) is 24.7 Å². The SMILES string of the molecule is Cc1ccc(NC(=O)c2cc3ccccc3oc2=Nc2ccccc2C(F)(F)F)nc1. The van der Waals surface area contributed by atoms with Gasteiger partial charge < -0.3 is 9.73 Å². The summed E-state index contributed by atoms with van der Waals surface area (Å²) in [6, 6.07) is 16.6. The largest absolute Gasteiger partial charge is 0.438 e. The van der Waals surface area contributed by atoms with Crippen molar-refractivity contribution in [2.75, 3.05) is 5.32 Å². The van der Waals surface area contributed by atoms with Crippen LogP contribution in [0.3, 0.4) is 0 Å². The number of hydrogen-bond acceptors (Lipinski definition) is 4. The Morgan fingerprint density at radius 3 is 2.52 bits per heavy atom. The second-order valence-electron chi connectivity index (χ2n) is 6.80. The van der Waals surface area contributed by atoms with Crippen molar-refractivity contribution in [1.82, 2.24) is 4.98 Å². The van der Waals surface area contributed by atoms with Crippen molar-refractivity contribution in [2.45, 2.75) is 13.1 Å². The standard InChI is InChI=1S/C23H16F3N3O2/c1-14-10-11-20(27-13-14)29-21(30)16-12-15-6-2-5-9-19(15)31-22(16)28-18-8-4-3-7-17(18)23(24,25)26/h2-13H,1H3,(H,27,29,30). The molecule has 31 heavy (non-hydrogen) atoms. The van der Waals surface area contributed by atoms with E-state index in [2.05, 4.69) is 15.3 Å². The van der Waals surface area contributed by atoms with Crippen LogP contribution in [0.25, 0.3) is 11.0 Å². The molecule has 0 fully saturated rings. The monoisotopic (exact) mass is 423 g/mol. The van der Waals surface area contributed by atoms with E-state index in [9.17, 15) is 18.0 Å². The summed E-state index contributed by atoms with van der Waals surface area (Å²) in [7, 11) is 0. The first-order valence-corrected chi connectivity index (χ1v) is 9.29. The molecule has 2 aromatic heterocycles. The lowest BCUT2D eigenvalue weighted by atomic mass is 10.1. The molecule has 5 nitrogen and oxygen atoms in total. The number of aromatic nitrogens is 1. The number of carbonyl (C=O) groups is 1. The Labute approximate surface area is 174 Å². The molecule has 0 saturated heterocycles. The zero-order valence-corrected chi connectivity index (χ0v) is 16.3. The predicted octanol–water partition coefficient (Wildman–Crippen LogP) is 5.64. The molecule has 2 aromatic carbocycles. The fourth-order valence-electron chi connectivity index (χ4n) is 2.96. The molecule has 0 radical (unpaired) electrons. The van der Waals surface area contributed by atoms with Crippen LogP contribution in [0.5, 0.6) is 0 Å². The Morgan fingerprint density at radius 2 is 1.77 bits per heavy atom. The van der Waals surface area contributed by atoms with Crippen LogP contribution < -0.4 is 10.9 Å². The highest BCUT2D eigenvalue weighted by Crippen LogP contribution is 2.35. The quantitative estimate of drug-likeness (QED) is 0.464. The Balaban J connectivity index is 1.88. The van der Waals surface area contributed by atoms with Crippen LogP contribution >= 0.6 is 0 Å². The Kier molecular flexibility index (Phi) is 5.29. The summed E-state index contributed by atoms with van der Waals surface area (Å²) in [5.74, 6) is -0.306. The zero-order chi connectivity index (χ0) is 22.0. The summed E-state index contributed by atoms with van der Waals surface area (Å²) in [4.78, 5) is 21.1. The van der Waals surface area contributed by atoms with Crippen molar-refractivity contribution < 1.29 is 22.4 Å². The van der Waals surface area contributed by atoms with Gasteiger partial charge in [-0.2, -0.15) is 13.2 Å². The molecule has 1 N–H and O–H groups in total. The summed E-state index contributed by atoms with van der Waals surface area (Å²) in [5.41, 5.74) is -0.228. The first-order valence-electron chi connectivity index (χ1n) is 9.29. The van der Waals surface area contributed by atoms with E-state index >= 15 is 0 Å². The fourth-order valence-corrected chi connectivity index (χ4v) is 2.96. The molecule has 156 valence electrons. The smallest absolute Gasteiger partial charge is 0.418 e. The Bertz CT molecular complexity index is 1330. The summed E-state index contributed by atoms with van der Waals surface area (Å²) >= 11 is 0. The van der Waals surface area contributed by atoms with E-state index in [0.717, 1.165) is 11.6 Å². The molecule has 0 aliphatic carbocycles. The molecule has 1 amide bonds. The van der Waals surface area contributed by atoms with Crippen LogP contribution in [0.2, 0.25) is 0 Å². The van der Waals surface area contributed by atoms with E-state index in [1.54, 1.807) is 42.6 Å². The van der Waals surface area contributed by atoms with E-state index in [1.807, 2.05) is 6.92 Å². The molecule has 8 heteroatoms. The number of aryl methyl sites for hydroxylation is 1. The van der Waals surface area contributed by atoms with Crippen molar-refractivity contribution in [3.8, 4) is 0 Å². The molecule has 0 bridgehead atoms. The van der Waals surface area contributed by atoms with Crippen molar-refractivity contribution in [3.05, 3.63) is 95.2 Å². The lowest BCUT2D eigenvalue weighted by Gasteiger charge is -2.10. The summed E-state index contributed by atoms with van der Waals surface area (Å²) in [6.45, 7) is 1.86. The molecule has 2 heterocycles. The summed E-state index contributed by atoms with van der Waals surface area (Å²) in [6.07, 6.45) is -3.02. The topological polar surface area (TPSA) is 67.5 Å². The van der Waals surface area contributed by atoms with Crippen molar-refractivity contribution in [1.29, 1.82) is 0 Å². The third-order valence-corrected chi connectivity index (χ3v) is 4.48. The van der Waals surface area contributed by atoms with Gasteiger partial charge in [0.05, 0.1) is 11.3 Å². The van der Waals surface area contributed by atoms with Gasteiger partial charge in [-0.15, -0.1) is 0 Å². The molecule has 4 rings (SSSR count). The van der Waals surface area contributed by atoms with Crippen LogP contribution in [0.15, 0.2) is 82.3 Å². The van der Waals surface area contributed by atoms with E-state index in [-0.39, 0.29) is 16.8 Å². The number of amides is 1. The lowest BCUT2D eigenvalue weighted by Crippen LogP contribution is -2.22. The minimum Gasteiger partial charge on any atom is -0.438 e. The van der Waals surface area contributed by atoms with Gasteiger partial charge in [0.25, 0.3) is 5.91 Å². The Hall–Kier alpha value is -3.94. The molecule has 0 spiro atoms. The van der Waals surface area contributed by atoms with Gasteiger partial charge in [-0.3, -0.25) is 4.79 Å². The van der Waals surface area contributed by atoms with E-state index in [0.29, 0.717) is 16.8 Å². The maximum absolute atomic E-state index is 13.4. The first-order chi connectivity index (χ1) is 14.8. The molecule has 0 aliphatic heterocycles.